The lowest BCUT2D eigenvalue weighted by molar-refractivity contribution is 0.104. The van der Waals surface area contributed by atoms with Crippen molar-refractivity contribution in [2.75, 3.05) is 51.4 Å². The van der Waals surface area contributed by atoms with Crippen molar-refractivity contribution >= 4 is 27.8 Å². The van der Waals surface area contributed by atoms with Gasteiger partial charge in [0.25, 0.3) is 0 Å². The fourth-order valence-corrected chi connectivity index (χ4v) is 4.52. The van der Waals surface area contributed by atoms with Gasteiger partial charge in [-0.2, -0.15) is 5.26 Å². The molecular weight excluding hydrogens is 388 g/mol. The topological polar surface area (TPSA) is 101 Å². The van der Waals surface area contributed by atoms with Crippen LogP contribution in [0.1, 0.15) is 40.1 Å². The Morgan fingerprint density at radius 3 is 2.69 bits per heavy atom. The fourth-order valence-electron chi connectivity index (χ4n) is 3.47. The third-order valence-corrected chi connectivity index (χ3v) is 6.24. The number of ketones is 1. The van der Waals surface area contributed by atoms with Gasteiger partial charge in [-0.1, -0.05) is 6.42 Å². The highest BCUT2D eigenvalue weighted by Gasteiger charge is 2.24. The number of carbonyl (C=O) groups excluding carboxylic acids is 1. The van der Waals surface area contributed by atoms with Crippen LogP contribution in [0.25, 0.3) is 0 Å². The molecule has 7 nitrogen and oxygen atoms in total. The second-order valence-corrected chi connectivity index (χ2v) is 7.91. The van der Waals surface area contributed by atoms with E-state index in [2.05, 4.69) is 16.3 Å². The fraction of sp³-hybridized carbons (Fsp3) is 0.429. The number of nitrogens with two attached hydrogens (primary N) is 1. The largest absolute Gasteiger partial charge is 0.497 e. The van der Waals surface area contributed by atoms with Crippen LogP contribution >= 0.6 is 11.3 Å². The van der Waals surface area contributed by atoms with Crippen molar-refractivity contribution in [3.63, 3.8) is 0 Å². The predicted molar refractivity (Wildman–Crippen MR) is 115 cm³/mol. The van der Waals surface area contributed by atoms with E-state index in [4.69, 9.17) is 15.2 Å². The van der Waals surface area contributed by atoms with Crippen LogP contribution < -0.4 is 20.5 Å². The van der Waals surface area contributed by atoms with E-state index < -0.39 is 0 Å². The van der Waals surface area contributed by atoms with E-state index in [-0.39, 0.29) is 11.5 Å². The normalized spacial score (nSPS) is 14.2. The van der Waals surface area contributed by atoms with Gasteiger partial charge < -0.3 is 25.4 Å². The Balaban J connectivity index is 1.79. The van der Waals surface area contributed by atoms with Gasteiger partial charge in [-0.15, -0.1) is 11.3 Å². The molecule has 2 heterocycles. The van der Waals surface area contributed by atoms with Crippen LogP contribution in [0.3, 0.4) is 0 Å². The van der Waals surface area contributed by atoms with E-state index in [0.717, 1.165) is 19.6 Å². The van der Waals surface area contributed by atoms with Gasteiger partial charge in [0.05, 0.1) is 25.5 Å². The zero-order chi connectivity index (χ0) is 20.8. The minimum Gasteiger partial charge on any atom is -0.497 e. The van der Waals surface area contributed by atoms with Crippen LogP contribution in [-0.2, 0) is 0 Å². The molecule has 154 valence electrons. The number of hydrogen-bond acceptors (Lipinski definition) is 8. The standard InChI is InChI=1S/C21H26N4O3S/c1-27-14-6-7-15(17(12-14)28-2)19(26)20-18(23)16(13-22)21(29-20)24-8-11-25-9-4-3-5-10-25/h6-7,12,24H,3-5,8-11,23H2,1-2H3. The van der Waals surface area contributed by atoms with Gasteiger partial charge in [-0.25, -0.2) is 0 Å². The number of methoxy groups -OCH3 is 2. The summed E-state index contributed by atoms with van der Waals surface area (Å²) in [6, 6.07) is 7.13. The predicted octanol–water partition coefficient (Wildman–Crippen LogP) is 3.35. The zero-order valence-electron chi connectivity index (χ0n) is 16.8. The molecule has 0 aliphatic carbocycles. The van der Waals surface area contributed by atoms with E-state index in [0.29, 0.717) is 39.0 Å². The van der Waals surface area contributed by atoms with E-state index in [9.17, 15) is 10.1 Å². The molecule has 1 aromatic carbocycles. The molecule has 3 rings (SSSR count). The molecule has 1 saturated heterocycles. The Hall–Kier alpha value is -2.76. The first kappa shape index (κ1) is 21.0. The number of hydrogen-bond donors (Lipinski definition) is 2. The van der Waals surface area contributed by atoms with E-state index >= 15 is 0 Å². The lowest BCUT2D eigenvalue weighted by Gasteiger charge is -2.26. The number of nitriles is 1. The first-order chi connectivity index (χ1) is 14.1. The molecule has 0 amide bonds. The highest BCUT2D eigenvalue weighted by atomic mass is 32.1. The van der Waals surface area contributed by atoms with E-state index in [1.54, 1.807) is 25.3 Å². The maximum Gasteiger partial charge on any atom is 0.208 e. The summed E-state index contributed by atoms with van der Waals surface area (Å²) >= 11 is 1.22. The summed E-state index contributed by atoms with van der Waals surface area (Å²) in [5.41, 5.74) is 7.08. The third kappa shape index (κ3) is 4.63. The van der Waals surface area contributed by atoms with Gasteiger partial charge in [0, 0.05) is 19.2 Å². The molecular formula is C21H26N4O3S. The Morgan fingerprint density at radius 2 is 2.03 bits per heavy atom. The molecule has 1 aliphatic heterocycles. The monoisotopic (exact) mass is 414 g/mol. The Bertz CT molecular complexity index is 913. The van der Waals surface area contributed by atoms with Gasteiger partial charge in [0.2, 0.25) is 5.78 Å². The lowest BCUT2D eigenvalue weighted by Crippen LogP contribution is -2.33. The number of rotatable bonds is 8. The molecule has 2 aromatic rings. The van der Waals surface area contributed by atoms with Gasteiger partial charge in [-0.05, 0) is 38.1 Å². The minimum absolute atomic E-state index is 0.209. The van der Waals surface area contributed by atoms with Crippen LogP contribution in [0.15, 0.2) is 18.2 Å². The lowest BCUT2D eigenvalue weighted by atomic mass is 10.1. The molecule has 1 fully saturated rings. The number of benzene rings is 1. The van der Waals surface area contributed by atoms with Crippen molar-refractivity contribution < 1.29 is 14.3 Å². The molecule has 0 radical (unpaired) electrons. The molecule has 0 spiro atoms. The average molecular weight is 415 g/mol. The number of nitrogen functional groups attached to an aromatic ring is 1. The maximum absolute atomic E-state index is 13.1. The van der Waals surface area contributed by atoms with Crippen molar-refractivity contribution in [3.8, 4) is 17.6 Å². The summed E-state index contributed by atoms with van der Waals surface area (Å²) < 4.78 is 10.5. The van der Waals surface area contributed by atoms with Crippen molar-refractivity contribution in [1.29, 1.82) is 5.26 Å². The molecule has 0 bridgehead atoms. The van der Waals surface area contributed by atoms with Crippen molar-refractivity contribution in [2.24, 2.45) is 0 Å². The first-order valence-electron chi connectivity index (χ1n) is 9.64. The molecule has 3 N–H and O–H groups in total. The van der Waals surface area contributed by atoms with Crippen LogP contribution in [0.5, 0.6) is 11.5 Å². The number of thiophene rings is 1. The molecule has 1 aliphatic rings. The summed E-state index contributed by atoms with van der Waals surface area (Å²) in [7, 11) is 3.05. The molecule has 0 unspecified atom stereocenters. The second-order valence-electron chi connectivity index (χ2n) is 6.89. The summed E-state index contributed by atoms with van der Waals surface area (Å²) in [6.45, 7) is 3.83. The molecule has 1 aromatic heterocycles. The quantitative estimate of drug-likeness (QED) is 0.639. The highest BCUT2D eigenvalue weighted by molar-refractivity contribution is 7.19. The number of anilines is 2. The highest BCUT2D eigenvalue weighted by Crippen LogP contribution is 2.38. The number of piperidine rings is 1. The number of nitrogens with one attached hydrogen (secondary N) is 1. The summed E-state index contributed by atoms with van der Waals surface area (Å²) in [6.07, 6.45) is 3.76. The smallest absolute Gasteiger partial charge is 0.208 e. The third-order valence-electron chi connectivity index (χ3n) is 5.08. The second kappa shape index (κ2) is 9.63. The summed E-state index contributed by atoms with van der Waals surface area (Å²) in [5.74, 6) is 0.725. The van der Waals surface area contributed by atoms with Gasteiger partial charge in [0.15, 0.2) is 0 Å². The van der Waals surface area contributed by atoms with Crippen LogP contribution in [0.4, 0.5) is 10.7 Å². The van der Waals surface area contributed by atoms with Crippen molar-refractivity contribution in [3.05, 3.63) is 34.2 Å². The zero-order valence-corrected chi connectivity index (χ0v) is 17.6. The molecule has 0 saturated carbocycles. The number of ether oxygens (including phenoxy) is 2. The van der Waals surface area contributed by atoms with E-state index in [1.165, 1.54) is 37.7 Å². The summed E-state index contributed by atoms with van der Waals surface area (Å²) in [5, 5.41) is 13.5. The van der Waals surface area contributed by atoms with Crippen LogP contribution in [0, 0.1) is 11.3 Å². The van der Waals surface area contributed by atoms with Crippen molar-refractivity contribution in [1.82, 2.24) is 4.90 Å². The summed E-state index contributed by atoms with van der Waals surface area (Å²) in [4.78, 5) is 15.9. The van der Waals surface area contributed by atoms with Crippen LogP contribution in [-0.4, -0.2) is 51.1 Å². The number of nitrogens with zero attached hydrogens (tertiary/aromatic N) is 2. The molecule has 0 atom stereocenters. The van der Waals surface area contributed by atoms with Crippen LogP contribution in [0.2, 0.25) is 0 Å². The van der Waals surface area contributed by atoms with Crippen molar-refractivity contribution in [2.45, 2.75) is 19.3 Å². The SMILES string of the molecule is COc1ccc(C(=O)c2sc(NCCN3CCCCC3)c(C#N)c2N)c(OC)c1. The Morgan fingerprint density at radius 1 is 1.28 bits per heavy atom. The minimum atomic E-state index is -0.271. The van der Waals surface area contributed by atoms with Gasteiger partial charge in [0.1, 0.15) is 33.0 Å². The maximum atomic E-state index is 13.1. The van der Waals surface area contributed by atoms with Gasteiger partial charge >= 0.3 is 0 Å². The Labute approximate surface area is 175 Å². The Kier molecular flexibility index (Phi) is 6.96. The van der Waals surface area contributed by atoms with E-state index in [1.807, 2.05) is 0 Å². The first-order valence-corrected chi connectivity index (χ1v) is 10.5. The average Bonchev–Trinajstić information content (AvgIpc) is 3.08. The molecule has 8 heteroatoms. The number of likely N-dealkylation sites (tertiary alicyclic amines) is 1. The molecule has 29 heavy (non-hydrogen) atoms. The number of carbonyl (C=O) groups is 1. The van der Waals surface area contributed by atoms with Gasteiger partial charge in [-0.3, -0.25) is 4.79 Å².